The van der Waals surface area contributed by atoms with E-state index in [1.165, 1.54) is 69.8 Å². The van der Waals surface area contributed by atoms with E-state index in [1.807, 2.05) is 0 Å². The lowest BCUT2D eigenvalue weighted by Gasteiger charge is -2.16. The predicted molar refractivity (Wildman–Crippen MR) is 109 cm³/mol. The first-order valence-corrected chi connectivity index (χ1v) is 14.0. The maximum Gasteiger partial charge on any atom is 0.251 e. The molecule has 0 bridgehead atoms. The third-order valence-electron chi connectivity index (χ3n) is 4.52. The number of rotatable bonds is 14. The Labute approximate surface area is 154 Å². The second-order valence-electron chi connectivity index (χ2n) is 6.77. The van der Waals surface area contributed by atoms with Gasteiger partial charge in [0, 0.05) is 0 Å². The normalized spacial score (nSPS) is 11.8. The molecule has 0 aliphatic carbocycles. The molecule has 0 amide bonds. The molecule has 0 aliphatic heterocycles. The molecule has 1 rings (SSSR count). The van der Waals surface area contributed by atoms with Crippen molar-refractivity contribution < 1.29 is 0 Å². The molecule has 3 heteroatoms. The minimum Gasteiger partial charge on any atom is -0.146 e. The molecule has 0 aromatic heterocycles. The van der Waals surface area contributed by atoms with E-state index in [0.29, 0.717) is 0 Å². The zero-order valence-electron chi connectivity index (χ0n) is 14.8. The maximum atomic E-state index is 6.60. The van der Waals surface area contributed by atoms with Crippen LogP contribution in [-0.2, 0) is 6.42 Å². The van der Waals surface area contributed by atoms with Gasteiger partial charge in [-0.25, -0.2) is 0 Å². The van der Waals surface area contributed by atoms with Crippen molar-refractivity contribution in [2.24, 2.45) is 0 Å². The lowest BCUT2D eigenvalue weighted by atomic mass is 10.1. The summed E-state index contributed by atoms with van der Waals surface area (Å²) in [5.41, 5.74) is 1.36. The Morgan fingerprint density at radius 3 is 1.78 bits per heavy atom. The molecule has 0 saturated carbocycles. The summed E-state index contributed by atoms with van der Waals surface area (Å²) in [7, 11) is 0. The Bertz CT molecular complexity index is 378. The van der Waals surface area contributed by atoms with Gasteiger partial charge in [-0.3, -0.25) is 0 Å². The highest BCUT2D eigenvalue weighted by atomic mass is 35.7. The van der Waals surface area contributed by atoms with Crippen molar-refractivity contribution in [1.29, 1.82) is 0 Å². The summed E-state index contributed by atoms with van der Waals surface area (Å²) in [6.07, 6.45) is 14.7. The molecule has 0 heterocycles. The van der Waals surface area contributed by atoms with Crippen LogP contribution < -0.4 is 0 Å². The van der Waals surface area contributed by atoms with Crippen molar-refractivity contribution in [3.63, 3.8) is 0 Å². The van der Waals surface area contributed by atoms with Gasteiger partial charge in [-0.2, -0.15) is 0 Å². The van der Waals surface area contributed by atoms with Gasteiger partial charge in [-0.05, 0) is 24.1 Å². The lowest BCUT2D eigenvalue weighted by Crippen LogP contribution is -2.19. The quantitative estimate of drug-likeness (QED) is 0.176. The van der Waals surface area contributed by atoms with Crippen molar-refractivity contribution in [2.75, 3.05) is 0 Å². The van der Waals surface area contributed by atoms with Gasteiger partial charge in [0.25, 0.3) is 6.69 Å². The van der Waals surface area contributed by atoms with E-state index < -0.39 is 6.69 Å². The second kappa shape index (κ2) is 13.3. The molecule has 0 fully saturated rings. The van der Waals surface area contributed by atoms with Crippen LogP contribution in [0, 0.1) is 0 Å². The van der Waals surface area contributed by atoms with Gasteiger partial charge in [0.1, 0.15) is 0 Å². The maximum absolute atomic E-state index is 6.60. The fraction of sp³-hybridized carbons (Fsp3) is 0.700. The zero-order valence-corrected chi connectivity index (χ0v) is 17.3. The van der Waals surface area contributed by atoms with Gasteiger partial charge in [-0.15, -0.1) is 22.2 Å². The Morgan fingerprint density at radius 1 is 0.696 bits per heavy atom. The van der Waals surface area contributed by atoms with Crippen LogP contribution in [0.15, 0.2) is 30.3 Å². The van der Waals surface area contributed by atoms with Crippen LogP contribution in [0.25, 0.3) is 0 Å². The molecule has 0 N–H and O–H groups in total. The summed E-state index contributed by atoms with van der Waals surface area (Å²) < 4.78 is 0. The van der Waals surface area contributed by atoms with Crippen molar-refractivity contribution in [1.82, 2.24) is 0 Å². The van der Waals surface area contributed by atoms with Crippen LogP contribution in [0.2, 0.25) is 12.1 Å². The van der Waals surface area contributed by atoms with Gasteiger partial charge < -0.3 is 0 Å². The van der Waals surface area contributed by atoms with Crippen LogP contribution in [0.4, 0.5) is 0 Å². The number of unbranched alkanes of at least 4 members (excludes halogenated alkanes) is 9. The number of benzene rings is 1. The SMILES string of the molecule is CCCCCCCCCCCC[Si](Cl)(Cl)CCc1ccccc1. The molecule has 0 unspecified atom stereocenters. The average molecular weight is 373 g/mol. The first-order chi connectivity index (χ1) is 11.1. The first-order valence-electron chi connectivity index (χ1n) is 9.56. The van der Waals surface area contributed by atoms with Crippen LogP contribution in [0.5, 0.6) is 0 Å². The highest BCUT2D eigenvalue weighted by molar-refractivity contribution is 7.45. The van der Waals surface area contributed by atoms with E-state index in [-0.39, 0.29) is 0 Å². The fourth-order valence-corrected chi connectivity index (χ4v) is 6.01. The molecular formula is C20H34Cl2Si. The van der Waals surface area contributed by atoms with Gasteiger partial charge in [0.2, 0.25) is 0 Å². The third-order valence-corrected chi connectivity index (χ3v) is 8.85. The second-order valence-corrected chi connectivity index (χ2v) is 14.4. The molecule has 23 heavy (non-hydrogen) atoms. The summed E-state index contributed by atoms with van der Waals surface area (Å²) in [5.74, 6) is 0. The zero-order chi connectivity index (χ0) is 16.8. The van der Waals surface area contributed by atoms with Gasteiger partial charge in [0.05, 0.1) is 0 Å². The number of halogens is 2. The first kappa shape index (κ1) is 21.1. The van der Waals surface area contributed by atoms with Crippen molar-refractivity contribution >= 4 is 28.9 Å². The van der Waals surface area contributed by atoms with E-state index >= 15 is 0 Å². The fourth-order valence-electron chi connectivity index (χ4n) is 2.97. The largest absolute Gasteiger partial charge is 0.251 e. The Morgan fingerprint density at radius 2 is 1.22 bits per heavy atom. The average Bonchev–Trinajstić information content (AvgIpc) is 2.56. The summed E-state index contributed by atoms with van der Waals surface area (Å²) in [4.78, 5) is 0. The van der Waals surface area contributed by atoms with E-state index in [0.717, 1.165) is 18.5 Å². The third kappa shape index (κ3) is 12.1. The predicted octanol–water partition coefficient (Wildman–Crippen LogP) is 8.07. The van der Waals surface area contributed by atoms with Crippen molar-refractivity contribution in [3.8, 4) is 0 Å². The molecule has 132 valence electrons. The van der Waals surface area contributed by atoms with Crippen LogP contribution in [-0.4, -0.2) is 6.69 Å². The monoisotopic (exact) mass is 372 g/mol. The van der Waals surface area contributed by atoms with E-state index in [4.69, 9.17) is 22.2 Å². The minimum absolute atomic E-state index is 0.984. The summed E-state index contributed by atoms with van der Waals surface area (Å²) in [6.45, 7) is 0.243. The van der Waals surface area contributed by atoms with E-state index in [9.17, 15) is 0 Å². The molecule has 1 aromatic carbocycles. The standard InChI is InChI=1S/C20H34Cl2Si/c1-2-3-4-5-6-7-8-9-10-14-18-23(21,22)19-17-20-15-12-11-13-16-20/h11-13,15-16H,2-10,14,17-19H2,1H3. The van der Waals surface area contributed by atoms with Crippen molar-refractivity contribution in [3.05, 3.63) is 35.9 Å². The van der Waals surface area contributed by atoms with Crippen LogP contribution >= 0.6 is 22.2 Å². The van der Waals surface area contributed by atoms with Gasteiger partial charge in [-0.1, -0.05) is 101 Å². The van der Waals surface area contributed by atoms with Gasteiger partial charge in [0.15, 0.2) is 0 Å². The summed E-state index contributed by atoms with van der Waals surface area (Å²) in [5, 5.41) is 0. The summed E-state index contributed by atoms with van der Waals surface area (Å²) >= 11 is 13.2. The van der Waals surface area contributed by atoms with E-state index in [1.54, 1.807) is 0 Å². The molecule has 0 nitrogen and oxygen atoms in total. The molecule has 0 radical (unpaired) electrons. The molecule has 0 atom stereocenters. The highest BCUT2D eigenvalue weighted by Crippen LogP contribution is 2.29. The summed E-state index contributed by atoms with van der Waals surface area (Å²) in [6, 6.07) is 12.6. The number of hydrogen-bond acceptors (Lipinski definition) is 0. The number of hydrogen-bond donors (Lipinski definition) is 0. The number of aryl methyl sites for hydroxylation is 1. The van der Waals surface area contributed by atoms with E-state index in [2.05, 4.69) is 37.3 Å². The molecule has 0 saturated heterocycles. The lowest BCUT2D eigenvalue weighted by molar-refractivity contribution is 0.562. The molecule has 0 aliphatic rings. The minimum atomic E-state index is -2.03. The van der Waals surface area contributed by atoms with Crippen LogP contribution in [0.3, 0.4) is 0 Å². The molecule has 0 spiro atoms. The van der Waals surface area contributed by atoms with Crippen LogP contribution in [0.1, 0.15) is 76.7 Å². The Balaban J connectivity index is 1.97. The smallest absolute Gasteiger partial charge is 0.146 e. The Kier molecular flexibility index (Phi) is 12.2. The topological polar surface area (TPSA) is 0 Å². The highest BCUT2D eigenvalue weighted by Gasteiger charge is 2.27. The molecule has 1 aromatic rings. The Hall–Kier alpha value is 0.0169. The van der Waals surface area contributed by atoms with Gasteiger partial charge >= 0.3 is 0 Å². The molecular weight excluding hydrogens is 339 g/mol. The van der Waals surface area contributed by atoms with Crippen molar-refractivity contribution in [2.45, 2.75) is 89.6 Å².